The first-order valence-electron chi connectivity index (χ1n) is 8.93. The topological polar surface area (TPSA) is 61.9 Å². The Hall–Kier alpha value is -1.22. The first kappa shape index (κ1) is 20.5. The van der Waals surface area contributed by atoms with Crippen LogP contribution >= 0.6 is 27.5 Å². The van der Waals surface area contributed by atoms with Crippen molar-refractivity contribution in [1.82, 2.24) is 15.1 Å². The number of nitrogens with one attached hydrogen (secondary N) is 1. The summed E-state index contributed by atoms with van der Waals surface area (Å²) in [5, 5.41) is 2.72. The second kappa shape index (κ2) is 9.32. The zero-order valence-electron chi connectivity index (χ0n) is 14.8. The number of amides is 2. The van der Waals surface area contributed by atoms with Crippen LogP contribution in [-0.4, -0.2) is 67.6 Å². The van der Waals surface area contributed by atoms with Crippen molar-refractivity contribution in [2.24, 2.45) is 5.92 Å². The van der Waals surface area contributed by atoms with E-state index in [4.69, 9.17) is 16.3 Å². The molecule has 2 fully saturated rings. The van der Waals surface area contributed by atoms with Gasteiger partial charge < -0.3 is 15.0 Å². The minimum absolute atomic E-state index is 0.000967. The van der Waals surface area contributed by atoms with Gasteiger partial charge in [-0.1, -0.05) is 27.5 Å². The number of ether oxygens (including phenoxy) is 1. The molecule has 9 heteroatoms. The largest absolute Gasteiger partial charge is 0.379 e. The van der Waals surface area contributed by atoms with Gasteiger partial charge in [0.15, 0.2) is 0 Å². The maximum absolute atomic E-state index is 14.0. The Bertz CT molecular complexity index is 715. The molecule has 0 aliphatic carbocycles. The van der Waals surface area contributed by atoms with Gasteiger partial charge in [0.25, 0.3) is 0 Å². The predicted octanol–water partition coefficient (Wildman–Crippen LogP) is 2.04. The van der Waals surface area contributed by atoms with E-state index in [2.05, 4.69) is 26.1 Å². The normalized spacial score (nSPS) is 20.9. The van der Waals surface area contributed by atoms with Crippen molar-refractivity contribution >= 4 is 39.3 Å². The van der Waals surface area contributed by atoms with Gasteiger partial charge in [0.1, 0.15) is 5.82 Å². The third kappa shape index (κ3) is 5.40. The van der Waals surface area contributed by atoms with Gasteiger partial charge in [-0.05, 0) is 12.1 Å². The number of benzene rings is 1. The Morgan fingerprint density at radius 2 is 2.07 bits per heavy atom. The fourth-order valence-corrected chi connectivity index (χ4v) is 4.19. The summed E-state index contributed by atoms with van der Waals surface area (Å²) in [7, 11) is 0. The van der Waals surface area contributed by atoms with Crippen LogP contribution in [0.4, 0.5) is 4.39 Å². The van der Waals surface area contributed by atoms with E-state index >= 15 is 0 Å². The average molecular weight is 463 g/mol. The van der Waals surface area contributed by atoms with Crippen LogP contribution in [0.1, 0.15) is 12.0 Å². The summed E-state index contributed by atoms with van der Waals surface area (Å²) in [5.41, 5.74) is 0.302. The standard InChI is InChI=1S/C18H22BrClFN3O3/c19-14-7-12(17(21)15(20)9-14)10-22-18(26)13-8-16(25)24(11-13)2-1-23-3-5-27-6-4-23/h7,9,13H,1-6,8,10-11H2,(H,22,26). The third-order valence-corrected chi connectivity index (χ3v) is 5.63. The molecule has 2 amide bonds. The smallest absolute Gasteiger partial charge is 0.225 e. The number of morpholine rings is 1. The Morgan fingerprint density at radius 1 is 1.33 bits per heavy atom. The quantitative estimate of drug-likeness (QED) is 0.657. The highest BCUT2D eigenvalue weighted by Gasteiger charge is 2.34. The monoisotopic (exact) mass is 461 g/mol. The van der Waals surface area contributed by atoms with Crippen molar-refractivity contribution in [1.29, 1.82) is 0 Å². The molecule has 2 saturated heterocycles. The van der Waals surface area contributed by atoms with Crippen molar-refractivity contribution in [3.8, 4) is 0 Å². The molecule has 148 valence electrons. The molecular weight excluding hydrogens is 441 g/mol. The minimum Gasteiger partial charge on any atom is -0.379 e. The Labute approximate surface area is 171 Å². The lowest BCUT2D eigenvalue weighted by Gasteiger charge is -2.28. The first-order chi connectivity index (χ1) is 12.9. The number of halogens is 3. The highest BCUT2D eigenvalue weighted by atomic mass is 79.9. The zero-order chi connectivity index (χ0) is 19.4. The third-order valence-electron chi connectivity index (χ3n) is 4.90. The molecule has 2 heterocycles. The van der Waals surface area contributed by atoms with Gasteiger partial charge in [-0.15, -0.1) is 0 Å². The fraction of sp³-hybridized carbons (Fsp3) is 0.556. The van der Waals surface area contributed by atoms with Crippen molar-refractivity contribution in [2.75, 3.05) is 45.9 Å². The van der Waals surface area contributed by atoms with E-state index in [1.165, 1.54) is 6.07 Å². The molecule has 0 bridgehead atoms. The van der Waals surface area contributed by atoms with Gasteiger partial charge in [0, 0.05) is 55.7 Å². The van der Waals surface area contributed by atoms with Gasteiger partial charge in [0.05, 0.1) is 24.2 Å². The van der Waals surface area contributed by atoms with E-state index < -0.39 is 11.7 Å². The molecule has 0 aromatic heterocycles. The second-order valence-electron chi connectivity index (χ2n) is 6.77. The average Bonchev–Trinajstić information content (AvgIpc) is 3.03. The summed E-state index contributed by atoms with van der Waals surface area (Å²) in [5.74, 6) is -1.21. The Balaban J connectivity index is 1.48. The molecule has 27 heavy (non-hydrogen) atoms. The number of rotatable bonds is 6. The van der Waals surface area contributed by atoms with Crippen LogP contribution in [0.5, 0.6) is 0 Å². The lowest BCUT2D eigenvalue weighted by Crippen LogP contribution is -2.42. The molecule has 0 radical (unpaired) electrons. The van der Waals surface area contributed by atoms with Gasteiger partial charge in [0.2, 0.25) is 11.8 Å². The van der Waals surface area contributed by atoms with Crippen molar-refractivity contribution in [2.45, 2.75) is 13.0 Å². The Morgan fingerprint density at radius 3 is 2.81 bits per heavy atom. The number of nitrogens with zero attached hydrogens (tertiary/aromatic N) is 2. The van der Waals surface area contributed by atoms with Crippen LogP contribution in [0.3, 0.4) is 0 Å². The van der Waals surface area contributed by atoms with E-state index in [0.717, 1.165) is 32.8 Å². The summed E-state index contributed by atoms with van der Waals surface area (Å²) in [4.78, 5) is 28.6. The number of carbonyl (C=O) groups is 2. The number of likely N-dealkylation sites (tertiary alicyclic amines) is 1. The van der Waals surface area contributed by atoms with Crippen LogP contribution < -0.4 is 5.32 Å². The lowest BCUT2D eigenvalue weighted by atomic mass is 10.1. The SMILES string of the molecule is O=C(NCc1cc(Br)cc(Cl)c1F)C1CC(=O)N(CCN2CCOCC2)C1. The number of hydrogen-bond donors (Lipinski definition) is 1. The highest BCUT2D eigenvalue weighted by Crippen LogP contribution is 2.24. The van der Waals surface area contributed by atoms with E-state index in [1.54, 1.807) is 11.0 Å². The molecule has 1 aromatic rings. The van der Waals surface area contributed by atoms with Crippen molar-refractivity contribution < 1.29 is 18.7 Å². The molecule has 1 unspecified atom stereocenters. The Kier molecular flexibility index (Phi) is 7.08. The van der Waals surface area contributed by atoms with E-state index in [9.17, 15) is 14.0 Å². The first-order valence-corrected chi connectivity index (χ1v) is 10.1. The van der Waals surface area contributed by atoms with Crippen molar-refractivity contribution in [3.63, 3.8) is 0 Å². The maximum Gasteiger partial charge on any atom is 0.225 e. The van der Waals surface area contributed by atoms with Crippen LogP contribution in [0.25, 0.3) is 0 Å². The van der Waals surface area contributed by atoms with E-state index in [0.29, 0.717) is 23.1 Å². The molecule has 3 rings (SSSR count). The summed E-state index contributed by atoms with van der Waals surface area (Å²) < 4.78 is 20.0. The molecule has 2 aliphatic heterocycles. The van der Waals surface area contributed by atoms with Crippen LogP contribution in [0, 0.1) is 11.7 Å². The molecule has 6 nitrogen and oxygen atoms in total. The molecular formula is C18H22BrClFN3O3. The number of hydrogen-bond acceptors (Lipinski definition) is 4. The minimum atomic E-state index is -0.546. The van der Waals surface area contributed by atoms with Gasteiger partial charge in [-0.2, -0.15) is 0 Å². The van der Waals surface area contributed by atoms with Gasteiger partial charge in [-0.25, -0.2) is 4.39 Å². The molecule has 2 aliphatic rings. The summed E-state index contributed by atoms with van der Waals surface area (Å²) in [6, 6.07) is 3.04. The van der Waals surface area contributed by atoms with Crippen LogP contribution in [0.2, 0.25) is 5.02 Å². The van der Waals surface area contributed by atoms with E-state index in [-0.39, 0.29) is 29.8 Å². The predicted molar refractivity (Wildman–Crippen MR) is 103 cm³/mol. The summed E-state index contributed by atoms with van der Waals surface area (Å²) >= 11 is 9.08. The number of carbonyl (C=O) groups excluding carboxylic acids is 2. The lowest BCUT2D eigenvalue weighted by molar-refractivity contribution is -0.129. The summed E-state index contributed by atoms with van der Waals surface area (Å²) in [6.07, 6.45) is 0.191. The van der Waals surface area contributed by atoms with Crippen LogP contribution in [-0.2, 0) is 20.9 Å². The molecule has 0 spiro atoms. The molecule has 1 aromatic carbocycles. The van der Waals surface area contributed by atoms with Crippen molar-refractivity contribution in [3.05, 3.63) is 33.0 Å². The highest BCUT2D eigenvalue weighted by molar-refractivity contribution is 9.10. The van der Waals surface area contributed by atoms with E-state index in [1.807, 2.05) is 0 Å². The van der Waals surface area contributed by atoms with Gasteiger partial charge >= 0.3 is 0 Å². The molecule has 1 N–H and O–H groups in total. The maximum atomic E-state index is 14.0. The molecule has 0 saturated carbocycles. The fourth-order valence-electron chi connectivity index (χ4n) is 3.32. The zero-order valence-corrected chi connectivity index (χ0v) is 17.2. The van der Waals surface area contributed by atoms with Gasteiger partial charge in [-0.3, -0.25) is 14.5 Å². The molecule has 1 atom stereocenters. The second-order valence-corrected chi connectivity index (χ2v) is 8.10. The summed E-state index contributed by atoms with van der Waals surface area (Å²) in [6.45, 7) is 4.99. The van der Waals surface area contributed by atoms with Crippen LogP contribution in [0.15, 0.2) is 16.6 Å².